The highest BCUT2D eigenvalue weighted by Gasteiger charge is 2.25. The van der Waals surface area contributed by atoms with Gasteiger partial charge in [0.1, 0.15) is 12.2 Å². The molecule has 0 aliphatic carbocycles. The molecule has 0 bridgehead atoms. The number of nitrogens with one attached hydrogen (secondary N) is 3. The minimum absolute atomic E-state index is 0.0107. The number of H-pyrrole nitrogens is 1. The van der Waals surface area contributed by atoms with Crippen molar-refractivity contribution in [2.24, 2.45) is 0 Å². The first-order valence-corrected chi connectivity index (χ1v) is 6.70. The quantitative estimate of drug-likeness (QED) is 0.767. The Morgan fingerprint density at radius 1 is 1.40 bits per heavy atom. The highest BCUT2D eigenvalue weighted by Crippen LogP contribution is 2.17. The van der Waals surface area contributed by atoms with Crippen LogP contribution in [0.1, 0.15) is 29.9 Å². The Labute approximate surface area is 117 Å². The van der Waals surface area contributed by atoms with Gasteiger partial charge in [0.15, 0.2) is 0 Å². The summed E-state index contributed by atoms with van der Waals surface area (Å²) in [5.74, 6) is 0.651. The van der Waals surface area contributed by atoms with E-state index < -0.39 is 0 Å². The maximum Gasteiger partial charge on any atom is 0.238 e. The first kappa shape index (κ1) is 12.8. The predicted molar refractivity (Wildman–Crippen MR) is 73.7 cm³/mol. The summed E-state index contributed by atoms with van der Waals surface area (Å²) in [5.41, 5.74) is 2.50. The summed E-state index contributed by atoms with van der Waals surface area (Å²) in [4.78, 5) is 16.3. The number of fused-ring (bicyclic) bond motifs is 1. The summed E-state index contributed by atoms with van der Waals surface area (Å²) in [6.07, 6.45) is 2.15. The van der Waals surface area contributed by atoms with Crippen molar-refractivity contribution in [2.75, 3.05) is 0 Å². The lowest BCUT2D eigenvalue weighted by molar-refractivity contribution is -0.124. The van der Waals surface area contributed by atoms with Crippen LogP contribution in [0, 0.1) is 0 Å². The topological polar surface area (TPSA) is 82.7 Å². The maximum atomic E-state index is 12.3. The van der Waals surface area contributed by atoms with Gasteiger partial charge < -0.3 is 10.6 Å². The molecule has 3 rings (SSSR count). The van der Waals surface area contributed by atoms with E-state index in [1.54, 1.807) is 0 Å². The smallest absolute Gasteiger partial charge is 0.238 e. The van der Waals surface area contributed by atoms with Crippen molar-refractivity contribution < 1.29 is 4.79 Å². The molecule has 104 valence electrons. The molecule has 0 saturated heterocycles. The van der Waals surface area contributed by atoms with Gasteiger partial charge in [-0.2, -0.15) is 5.10 Å². The van der Waals surface area contributed by atoms with E-state index in [0.717, 1.165) is 6.54 Å². The van der Waals surface area contributed by atoms with Gasteiger partial charge in [0, 0.05) is 6.54 Å². The SMILES string of the molecule is CC(NC(=O)C1Cc2ccccc2CN1)c1ncn[nH]1. The molecule has 2 unspecified atom stereocenters. The zero-order valence-corrected chi connectivity index (χ0v) is 11.3. The van der Waals surface area contributed by atoms with E-state index in [1.165, 1.54) is 17.5 Å². The lowest BCUT2D eigenvalue weighted by Crippen LogP contribution is -2.48. The molecular weight excluding hydrogens is 254 g/mol. The lowest BCUT2D eigenvalue weighted by Gasteiger charge is -2.26. The Kier molecular flexibility index (Phi) is 3.47. The molecule has 1 aliphatic heterocycles. The van der Waals surface area contributed by atoms with Crippen molar-refractivity contribution in [3.8, 4) is 0 Å². The third-order valence-corrected chi connectivity index (χ3v) is 3.60. The second kappa shape index (κ2) is 5.42. The van der Waals surface area contributed by atoms with E-state index in [2.05, 4.69) is 37.9 Å². The average molecular weight is 271 g/mol. The summed E-state index contributed by atoms with van der Waals surface area (Å²) in [7, 11) is 0. The van der Waals surface area contributed by atoms with E-state index in [0.29, 0.717) is 12.2 Å². The molecule has 2 heterocycles. The van der Waals surface area contributed by atoms with Gasteiger partial charge in [-0.1, -0.05) is 24.3 Å². The summed E-state index contributed by atoms with van der Waals surface area (Å²) < 4.78 is 0. The Morgan fingerprint density at radius 3 is 2.95 bits per heavy atom. The van der Waals surface area contributed by atoms with Crippen molar-refractivity contribution >= 4 is 5.91 Å². The first-order chi connectivity index (χ1) is 9.74. The number of nitrogens with zero attached hydrogens (tertiary/aromatic N) is 2. The highest BCUT2D eigenvalue weighted by atomic mass is 16.2. The number of amides is 1. The molecule has 1 aromatic heterocycles. The molecule has 1 amide bonds. The van der Waals surface area contributed by atoms with Gasteiger partial charge in [-0.15, -0.1) is 0 Å². The molecule has 20 heavy (non-hydrogen) atoms. The molecular formula is C14H17N5O. The molecule has 0 saturated carbocycles. The second-order valence-corrected chi connectivity index (χ2v) is 5.01. The number of carbonyl (C=O) groups excluding carboxylic acids is 1. The molecule has 6 nitrogen and oxygen atoms in total. The van der Waals surface area contributed by atoms with Crippen LogP contribution >= 0.6 is 0 Å². The van der Waals surface area contributed by atoms with Crippen LogP contribution in [0.15, 0.2) is 30.6 Å². The molecule has 1 aromatic carbocycles. The molecule has 0 fully saturated rings. The van der Waals surface area contributed by atoms with Crippen LogP contribution in [0.5, 0.6) is 0 Å². The Hall–Kier alpha value is -2.21. The number of carbonyl (C=O) groups is 1. The molecule has 6 heteroatoms. The van der Waals surface area contributed by atoms with Crippen LogP contribution in [0.3, 0.4) is 0 Å². The minimum Gasteiger partial charge on any atom is -0.345 e. The normalized spacial score (nSPS) is 19.1. The van der Waals surface area contributed by atoms with Crippen LogP contribution in [0.4, 0.5) is 0 Å². The number of benzene rings is 1. The van der Waals surface area contributed by atoms with Gasteiger partial charge in [0.2, 0.25) is 5.91 Å². The standard InChI is InChI=1S/C14H17N5O/c1-9(13-16-8-17-19-13)18-14(20)12-6-10-4-2-3-5-11(10)7-15-12/h2-5,8-9,12,15H,6-7H2,1H3,(H,18,20)(H,16,17,19). The third-order valence-electron chi connectivity index (χ3n) is 3.60. The monoisotopic (exact) mass is 271 g/mol. The minimum atomic E-state index is -0.199. The summed E-state index contributed by atoms with van der Waals surface area (Å²) in [5, 5.41) is 12.8. The zero-order valence-electron chi connectivity index (χ0n) is 11.3. The number of aromatic amines is 1. The van der Waals surface area contributed by atoms with Crippen LogP contribution < -0.4 is 10.6 Å². The fourth-order valence-electron chi connectivity index (χ4n) is 2.45. The average Bonchev–Trinajstić information content (AvgIpc) is 3.01. The zero-order chi connectivity index (χ0) is 13.9. The van der Waals surface area contributed by atoms with Gasteiger partial charge in [-0.05, 0) is 24.5 Å². The molecule has 0 radical (unpaired) electrons. The predicted octanol–water partition coefficient (Wildman–Crippen LogP) is 0.696. The number of hydrogen-bond acceptors (Lipinski definition) is 4. The Bertz CT molecular complexity index is 595. The van der Waals surface area contributed by atoms with E-state index in [1.807, 2.05) is 19.1 Å². The number of rotatable bonds is 3. The lowest BCUT2D eigenvalue weighted by atomic mass is 9.95. The number of aromatic nitrogens is 3. The maximum absolute atomic E-state index is 12.3. The first-order valence-electron chi connectivity index (χ1n) is 6.70. The molecule has 2 aromatic rings. The van der Waals surface area contributed by atoms with Gasteiger partial charge in [-0.3, -0.25) is 9.89 Å². The highest BCUT2D eigenvalue weighted by molar-refractivity contribution is 5.82. The van der Waals surface area contributed by atoms with E-state index in [4.69, 9.17) is 0 Å². The molecule has 3 N–H and O–H groups in total. The van der Waals surface area contributed by atoms with Crippen molar-refractivity contribution in [3.05, 3.63) is 47.5 Å². The van der Waals surface area contributed by atoms with Crippen molar-refractivity contribution in [3.63, 3.8) is 0 Å². The molecule has 1 aliphatic rings. The fourth-order valence-corrected chi connectivity index (χ4v) is 2.45. The number of hydrogen-bond donors (Lipinski definition) is 3. The van der Waals surface area contributed by atoms with Crippen molar-refractivity contribution in [1.29, 1.82) is 0 Å². The summed E-state index contributed by atoms with van der Waals surface area (Å²) in [6.45, 7) is 2.61. The van der Waals surface area contributed by atoms with E-state index in [9.17, 15) is 4.79 Å². The van der Waals surface area contributed by atoms with Gasteiger partial charge in [0.05, 0.1) is 12.1 Å². The third kappa shape index (κ3) is 2.55. The van der Waals surface area contributed by atoms with E-state index >= 15 is 0 Å². The van der Waals surface area contributed by atoms with Gasteiger partial charge >= 0.3 is 0 Å². The van der Waals surface area contributed by atoms with Crippen molar-refractivity contribution in [1.82, 2.24) is 25.8 Å². The molecule has 0 spiro atoms. The van der Waals surface area contributed by atoms with Crippen molar-refractivity contribution in [2.45, 2.75) is 32.0 Å². The van der Waals surface area contributed by atoms with Crippen LogP contribution in [0.25, 0.3) is 0 Å². The van der Waals surface area contributed by atoms with Crippen LogP contribution in [-0.4, -0.2) is 27.1 Å². The summed E-state index contributed by atoms with van der Waals surface area (Å²) in [6, 6.07) is 7.83. The van der Waals surface area contributed by atoms with Gasteiger partial charge in [-0.25, -0.2) is 4.98 Å². The summed E-state index contributed by atoms with van der Waals surface area (Å²) >= 11 is 0. The molecule has 2 atom stereocenters. The Morgan fingerprint density at radius 2 is 2.20 bits per heavy atom. The second-order valence-electron chi connectivity index (χ2n) is 5.01. The Balaban J connectivity index is 1.64. The largest absolute Gasteiger partial charge is 0.345 e. The fraction of sp³-hybridized carbons (Fsp3) is 0.357. The van der Waals surface area contributed by atoms with Gasteiger partial charge in [0.25, 0.3) is 0 Å². The van der Waals surface area contributed by atoms with Crippen LogP contribution in [0.2, 0.25) is 0 Å². The van der Waals surface area contributed by atoms with E-state index in [-0.39, 0.29) is 18.0 Å². The van der Waals surface area contributed by atoms with Crippen LogP contribution in [-0.2, 0) is 17.8 Å².